The largest absolute Gasteiger partial charge is 0.493 e. The summed E-state index contributed by atoms with van der Waals surface area (Å²) in [7, 11) is 1.66. The predicted octanol–water partition coefficient (Wildman–Crippen LogP) is 3.81. The Morgan fingerprint density at radius 1 is 1.06 bits per heavy atom. The Labute approximate surface area is 185 Å². The number of thioether (sulfide) groups is 1. The topological polar surface area (TPSA) is 70.7 Å². The number of aryl methyl sites for hydroxylation is 2. The van der Waals surface area contributed by atoms with Gasteiger partial charge in [-0.25, -0.2) is 0 Å². The summed E-state index contributed by atoms with van der Waals surface area (Å²) in [5.41, 5.74) is 2.02. The fourth-order valence-electron chi connectivity index (χ4n) is 3.54. The quantitative estimate of drug-likeness (QED) is 0.277. The van der Waals surface area contributed by atoms with Crippen LogP contribution in [0.2, 0.25) is 0 Å². The molecule has 2 aromatic carbocycles. The normalized spacial score (nSPS) is 11.4. The van der Waals surface area contributed by atoms with Crippen molar-refractivity contribution in [3.8, 4) is 5.75 Å². The first-order valence-corrected chi connectivity index (χ1v) is 11.4. The minimum Gasteiger partial charge on any atom is -0.493 e. The van der Waals surface area contributed by atoms with Crippen LogP contribution in [0.3, 0.4) is 0 Å². The van der Waals surface area contributed by atoms with E-state index in [1.165, 1.54) is 5.56 Å². The summed E-state index contributed by atoms with van der Waals surface area (Å²) < 4.78 is 14.7. The second-order valence-corrected chi connectivity index (χ2v) is 8.20. The highest BCUT2D eigenvalue weighted by Crippen LogP contribution is 2.22. The summed E-state index contributed by atoms with van der Waals surface area (Å²) in [6, 6.07) is 15.8. The molecule has 2 heterocycles. The van der Waals surface area contributed by atoms with Crippen molar-refractivity contribution in [1.82, 2.24) is 19.2 Å². The molecule has 4 aromatic rings. The van der Waals surface area contributed by atoms with Gasteiger partial charge in [0.25, 0.3) is 5.56 Å². The van der Waals surface area contributed by atoms with E-state index in [1.54, 1.807) is 23.4 Å². The second kappa shape index (κ2) is 9.98. The Kier molecular flexibility index (Phi) is 6.89. The Morgan fingerprint density at radius 2 is 1.94 bits per heavy atom. The van der Waals surface area contributed by atoms with Gasteiger partial charge in [-0.05, 0) is 42.7 Å². The maximum atomic E-state index is 13.0. The molecule has 4 rings (SSSR count). The van der Waals surface area contributed by atoms with Crippen molar-refractivity contribution >= 4 is 28.4 Å². The van der Waals surface area contributed by atoms with E-state index in [0.29, 0.717) is 36.7 Å². The van der Waals surface area contributed by atoms with E-state index in [9.17, 15) is 4.79 Å². The number of fused-ring (bicyclic) bond motifs is 3. The molecule has 0 aliphatic heterocycles. The van der Waals surface area contributed by atoms with Gasteiger partial charge >= 0.3 is 0 Å². The molecular formula is C23H26N4O3S. The molecule has 0 fully saturated rings. The Balaban J connectivity index is 1.57. The van der Waals surface area contributed by atoms with Gasteiger partial charge in [-0.15, -0.1) is 10.2 Å². The van der Waals surface area contributed by atoms with Crippen LogP contribution >= 0.6 is 11.8 Å². The van der Waals surface area contributed by atoms with E-state index in [1.807, 2.05) is 40.8 Å². The van der Waals surface area contributed by atoms with Gasteiger partial charge in [0.2, 0.25) is 5.78 Å². The van der Waals surface area contributed by atoms with Crippen LogP contribution in [0, 0.1) is 0 Å². The first kappa shape index (κ1) is 21.4. The fraction of sp³-hybridized carbons (Fsp3) is 0.348. The Hall–Kier alpha value is -2.84. The lowest BCUT2D eigenvalue weighted by Crippen LogP contribution is -2.24. The maximum Gasteiger partial charge on any atom is 0.262 e. The fourth-order valence-corrected chi connectivity index (χ4v) is 4.30. The van der Waals surface area contributed by atoms with Crippen LogP contribution in [-0.4, -0.2) is 45.2 Å². The Morgan fingerprint density at radius 3 is 2.77 bits per heavy atom. The molecule has 0 aliphatic carbocycles. The standard InChI is InChI=1S/C23H26N4O3S/c1-3-17-8-6-9-18(16-17)30-14-15-31-23-25-24-22-26(12-7-13-29-2)21(28)19-10-4-5-11-20(19)27(22)23/h4-6,8-11,16H,3,7,12-15H2,1-2H3. The number of benzene rings is 2. The molecule has 0 radical (unpaired) electrons. The van der Waals surface area contributed by atoms with Crippen molar-refractivity contribution in [2.24, 2.45) is 0 Å². The van der Waals surface area contributed by atoms with E-state index < -0.39 is 0 Å². The number of nitrogens with zero attached hydrogens (tertiary/aromatic N) is 4. The van der Waals surface area contributed by atoms with Crippen LogP contribution in [0.25, 0.3) is 16.7 Å². The molecule has 0 saturated heterocycles. The van der Waals surface area contributed by atoms with Crippen molar-refractivity contribution in [3.05, 3.63) is 64.4 Å². The number of ether oxygens (including phenoxy) is 2. The molecule has 2 aromatic heterocycles. The van der Waals surface area contributed by atoms with Crippen molar-refractivity contribution in [1.29, 1.82) is 0 Å². The SMILES string of the molecule is CCc1cccc(OCCSc2nnc3n(CCCOC)c(=O)c4ccccc4n23)c1. The third-order valence-corrected chi connectivity index (χ3v) is 5.99. The average molecular weight is 439 g/mol. The summed E-state index contributed by atoms with van der Waals surface area (Å²) >= 11 is 1.57. The predicted molar refractivity (Wildman–Crippen MR) is 123 cm³/mol. The van der Waals surface area contributed by atoms with E-state index in [-0.39, 0.29) is 5.56 Å². The monoisotopic (exact) mass is 438 g/mol. The summed E-state index contributed by atoms with van der Waals surface area (Å²) in [6.45, 7) is 3.79. The summed E-state index contributed by atoms with van der Waals surface area (Å²) in [5.74, 6) is 2.15. The highest BCUT2D eigenvalue weighted by Gasteiger charge is 2.16. The minimum absolute atomic E-state index is 0.0534. The zero-order chi connectivity index (χ0) is 21.6. The van der Waals surface area contributed by atoms with E-state index in [2.05, 4.69) is 29.3 Å². The number of hydrogen-bond acceptors (Lipinski definition) is 6. The van der Waals surface area contributed by atoms with Gasteiger partial charge in [0.05, 0.1) is 17.5 Å². The van der Waals surface area contributed by atoms with Crippen LogP contribution < -0.4 is 10.3 Å². The smallest absolute Gasteiger partial charge is 0.262 e. The number of para-hydroxylation sites is 1. The molecule has 0 amide bonds. The van der Waals surface area contributed by atoms with Crippen LogP contribution in [-0.2, 0) is 17.7 Å². The summed E-state index contributed by atoms with van der Waals surface area (Å²) in [5, 5.41) is 10.1. The molecule has 0 saturated carbocycles. The zero-order valence-corrected chi connectivity index (χ0v) is 18.6. The van der Waals surface area contributed by atoms with Crippen molar-refractivity contribution in [2.45, 2.75) is 31.5 Å². The maximum absolute atomic E-state index is 13.0. The van der Waals surface area contributed by atoms with Crippen molar-refractivity contribution in [2.75, 3.05) is 26.1 Å². The van der Waals surface area contributed by atoms with Crippen molar-refractivity contribution < 1.29 is 9.47 Å². The van der Waals surface area contributed by atoms with Gasteiger partial charge in [-0.2, -0.15) is 0 Å². The molecule has 8 heteroatoms. The molecular weight excluding hydrogens is 412 g/mol. The van der Waals surface area contributed by atoms with Gasteiger partial charge in [0, 0.05) is 26.0 Å². The molecule has 7 nitrogen and oxygen atoms in total. The summed E-state index contributed by atoms with van der Waals surface area (Å²) in [4.78, 5) is 13.0. The first-order chi connectivity index (χ1) is 15.2. The van der Waals surface area contributed by atoms with Crippen LogP contribution in [0.15, 0.2) is 58.5 Å². The molecule has 162 valence electrons. The number of aromatic nitrogens is 4. The average Bonchev–Trinajstić information content (AvgIpc) is 3.23. The molecule has 0 aliphatic rings. The van der Waals surface area contributed by atoms with Gasteiger partial charge in [0.1, 0.15) is 5.75 Å². The minimum atomic E-state index is -0.0534. The van der Waals surface area contributed by atoms with E-state index >= 15 is 0 Å². The molecule has 31 heavy (non-hydrogen) atoms. The van der Waals surface area contributed by atoms with Gasteiger partial charge in [0.15, 0.2) is 5.16 Å². The lowest BCUT2D eigenvalue weighted by Gasteiger charge is -2.11. The van der Waals surface area contributed by atoms with Crippen LogP contribution in [0.5, 0.6) is 5.75 Å². The molecule has 0 bridgehead atoms. The first-order valence-electron chi connectivity index (χ1n) is 10.4. The lowest BCUT2D eigenvalue weighted by atomic mass is 10.2. The number of methoxy groups -OCH3 is 1. The highest BCUT2D eigenvalue weighted by molar-refractivity contribution is 7.99. The highest BCUT2D eigenvalue weighted by atomic mass is 32.2. The third kappa shape index (κ3) is 4.60. The van der Waals surface area contributed by atoms with Crippen LogP contribution in [0.4, 0.5) is 0 Å². The van der Waals surface area contributed by atoms with E-state index in [0.717, 1.165) is 29.3 Å². The lowest BCUT2D eigenvalue weighted by molar-refractivity contribution is 0.190. The zero-order valence-electron chi connectivity index (χ0n) is 17.8. The van der Waals surface area contributed by atoms with Crippen LogP contribution in [0.1, 0.15) is 18.9 Å². The van der Waals surface area contributed by atoms with Gasteiger partial charge in [-0.1, -0.05) is 43.0 Å². The Bertz CT molecular complexity index is 1230. The molecule has 0 atom stereocenters. The molecule has 0 unspecified atom stereocenters. The van der Waals surface area contributed by atoms with E-state index in [4.69, 9.17) is 9.47 Å². The van der Waals surface area contributed by atoms with Gasteiger partial charge in [-0.3, -0.25) is 13.8 Å². The molecule has 0 spiro atoms. The number of rotatable bonds is 10. The second-order valence-electron chi connectivity index (χ2n) is 7.14. The third-order valence-electron chi connectivity index (χ3n) is 5.10. The number of hydrogen-bond donors (Lipinski definition) is 0. The molecule has 0 N–H and O–H groups in total. The van der Waals surface area contributed by atoms with Crippen molar-refractivity contribution in [3.63, 3.8) is 0 Å². The van der Waals surface area contributed by atoms with Gasteiger partial charge < -0.3 is 9.47 Å². The summed E-state index contributed by atoms with van der Waals surface area (Å²) in [6.07, 6.45) is 1.71.